The van der Waals surface area contributed by atoms with Gasteiger partial charge in [-0.3, -0.25) is 29.4 Å². The summed E-state index contributed by atoms with van der Waals surface area (Å²) in [6.45, 7) is 1.11. The van der Waals surface area contributed by atoms with Crippen LogP contribution < -0.4 is 21.1 Å². The van der Waals surface area contributed by atoms with Crippen LogP contribution in [0.3, 0.4) is 0 Å². The zero-order valence-corrected chi connectivity index (χ0v) is 16.7. The predicted molar refractivity (Wildman–Crippen MR) is 111 cm³/mol. The van der Waals surface area contributed by atoms with Crippen LogP contribution in [0.5, 0.6) is 5.75 Å². The van der Waals surface area contributed by atoms with E-state index in [1.165, 1.54) is 0 Å². The van der Waals surface area contributed by atoms with Crippen molar-refractivity contribution in [3.05, 3.63) is 59.2 Å². The number of nitrogens with two attached hydrogens (primary N) is 1. The minimum atomic E-state index is -0.984. The van der Waals surface area contributed by atoms with E-state index < -0.39 is 29.7 Å². The lowest BCUT2D eigenvalue weighted by atomic mass is 10.0. The standard InChI is InChI=1S/C22H22N4O5/c23-9-10-31-15-5-2-4-14(11-15)24-12-13-3-1-6-16-19(13)22(30)26(21(16)29)17-7-8-18(27)25-20(17)28/h1-6,11,17,24H,7-10,12,23H2,(H,25,27,28). The zero-order valence-electron chi connectivity index (χ0n) is 16.7. The first kappa shape index (κ1) is 20.5. The monoisotopic (exact) mass is 422 g/mol. The highest BCUT2D eigenvalue weighted by Gasteiger charge is 2.45. The van der Waals surface area contributed by atoms with E-state index in [-0.39, 0.29) is 24.0 Å². The molecular formula is C22H22N4O5. The first-order chi connectivity index (χ1) is 15.0. The molecule has 1 unspecified atom stereocenters. The van der Waals surface area contributed by atoms with Crippen molar-refractivity contribution in [2.75, 3.05) is 18.5 Å². The van der Waals surface area contributed by atoms with Gasteiger partial charge in [-0.1, -0.05) is 18.2 Å². The summed E-state index contributed by atoms with van der Waals surface area (Å²) in [6, 6.07) is 11.4. The maximum absolute atomic E-state index is 13.1. The summed E-state index contributed by atoms with van der Waals surface area (Å²) in [5.41, 5.74) is 7.42. The van der Waals surface area contributed by atoms with Crippen molar-refractivity contribution in [3.63, 3.8) is 0 Å². The fourth-order valence-corrected chi connectivity index (χ4v) is 3.80. The topological polar surface area (TPSA) is 131 Å². The molecule has 0 aromatic heterocycles. The van der Waals surface area contributed by atoms with Crippen LogP contribution in [-0.4, -0.2) is 47.7 Å². The first-order valence-corrected chi connectivity index (χ1v) is 10.00. The largest absolute Gasteiger partial charge is 0.492 e. The summed E-state index contributed by atoms with van der Waals surface area (Å²) in [6.07, 6.45) is 0.208. The van der Waals surface area contributed by atoms with Crippen molar-refractivity contribution >= 4 is 29.3 Å². The summed E-state index contributed by atoms with van der Waals surface area (Å²) in [7, 11) is 0. The zero-order chi connectivity index (χ0) is 22.0. The normalized spacial score (nSPS) is 18.1. The number of piperidine rings is 1. The molecule has 1 atom stereocenters. The number of carbonyl (C=O) groups is 4. The summed E-state index contributed by atoms with van der Waals surface area (Å²) in [4.78, 5) is 50.6. The second-order valence-corrected chi connectivity index (χ2v) is 7.31. The Kier molecular flexibility index (Phi) is 5.68. The number of amides is 4. The second kappa shape index (κ2) is 8.57. The Morgan fingerprint density at radius 3 is 2.68 bits per heavy atom. The molecule has 1 fully saturated rings. The second-order valence-electron chi connectivity index (χ2n) is 7.31. The van der Waals surface area contributed by atoms with Crippen LogP contribution in [0.4, 0.5) is 5.69 Å². The molecule has 160 valence electrons. The highest BCUT2D eigenvalue weighted by atomic mass is 16.5. The Labute approximate surface area is 178 Å². The molecule has 31 heavy (non-hydrogen) atoms. The first-order valence-electron chi connectivity index (χ1n) is 10.00. The molecule has 4 amide bonds. The van der Waals surface area contributed by atoms with E-state index in [4.69, 9.17) is 10.5 Å². The minimum Gasteiger partial charge on any atom is -0.492 e. The van der Waals surface area contributed by atoms with Crippen molar-refractivity contribution in [1.82, 2.24) is 10.2 Å². The Hall–Kier alpha value is -3.72. The predicted octanol–water partition coefficient (Wildman–Crippen LogP) is 1.04. The lowest BCUT2D eigenvalue weighted by molar-refractivity contribution is -0.136. The van der Waals surface area contributed by atoms with Gasteiger partial charge >= 0.3 is 0 Å². The Balaban J connectivity index is 1.54. The highest BCUT2D eigenvalue weighted by molar-refractivity contribution is 6.24. The average Bonchev–Trinajstić information content (AvgIpc) is 3.02. The van der Waals surface area contributed by atoms with E-state index in [2.05, 4.69) is 10.6 Å². The van der Waals surface area contributed by atoms with Crippen LogP contribution >= 0.6 is 0 Å². The number of anilines is 1. The van der Waals surface area contributed by atoms with E-state index in [0.717, 1.165) is 10.6 Å². The molecule has 2 aliphatic heterocycles. The van der Waals surface area contributed by atoms with Gasteiger partial charge in [0.1, 0.15) is 18.4 Å². The van der Waals surface area contributed by atoms with Gasteiger partial charge in [-0.15, -0.1) is 0 Å². The highest BCUT2D eigenvalue weighted by Crippen LogP contribution is 2.30. The molecule has 0 bridgehead atoms. The summed E-state index contributed by atoms with van der Waals surface area (Å²) in [5, 5.41) is 5.43. The van der Waals surface area contributed by atoms with Crippen molar-refractivity contribution in [2.24, 2.45) is 5.73 Å². The third-order valence-electron chi connectivity index (χ3n) is 5.26. The van der Waals surface area contributed by atoms with Crippen molar-refractivity contribution in [3.8, 4) is 5.75 Å². The van der Waals surface area contributed by atoms with Gasteiger partial charge in [0.15, 0.2) is 0 Å². The quantitative estimate of drug-likeness (QED) is 0.568. The lowest BCUT2D eigenvalue weighted by Crippen LogP contribution is -2.54. The number of carbonyl (C=O) groups excluding carboxylic acids is 4. The van der Waals surface area contributed by atoms with Gasteiger partial charge in [0.2, 0.25) is 11.8 Å². The summed E-state index contributed by atoms with van der Waals surface area (Å²) >= 11 is 0. The van der Waals surface area contributed by atoms with Gasteiger partial charge in [-0.2, -0.15) is 0 Å². The third-order valence-corrected chi connectivity index (χ3v) is 5.26. The minimum absolute atomic E-state index is 0.0841. The van der Waals surface area contributed by atoms with Gasteiger partial charge in [0, 0.05) is 31.3 Å². The SMILES string of the molecule is NCCOc1cccc(NCc2cccc3c2C(=O)N(C2CCC(=O)NC2=O)C3=O)c1. The van der Waals surface area contributed by atoms with Crippen LogP contribution in [0, 0.1) is 0 Å². The number of nitrogens with zero attached hydrogens (tertiary/aromatic N) is 1. The molecule has 1 saturated heterocycles. The van der Waals surface area contributed by atoms with Crippen LogP contribution in [-0.2, 0) is 16.1 Å². The molecule has 0 radical (unpaired) electrons. The van der Waals surface area contributed by atoms with E-state index in [1.807, 2.05) is 24.3 Å². The van der Waals surface area contributed by atoms with Gasteiger partial charge in [0.05, 0.1) is 11.1 Å². The molecule has 4 N–H and O–H groups in total. The van der Waals surface area contributed by atoms with Crippen LogP contribution in [0.2, 0.25) is 0 Å². The molecule has 0 saturated carbocycles. The number of rotatable bonds is 7. The maximum Gasteiger partial charge on any atom is 0.262 e. The molecule has 0 aliphatic carbocycles. The van der Waals surface area contributed by atoms with E-state index >= 15 is 0 Å². The van der Waals surface area contributed by atoms with Crippen LogP contribution in [0.15, 0.2) is 42.5 Å². The van der Waals surface area contributed by atoms with Gasteiger partial charge < -0.3 is 15.8 Å². The number of hydrogen-bond donors (Lipinski definition) is 3. The van der Waals surface area contributed by atoms with Gasteiger partial charge in [0.25, 0.3) is 11.8 Å². The van der Waals surface area contributed by atoms with Crippen LogP contribution in [0.25, 0.3) is 0 Å². The third kappa shape index (κ3) is 3.99. The van der Waals surface area contributed by atoms with E-state index in [1.54, 1.807) is 18.2 Å². The summed E-state index contributed by atoms with van der Waals surface area (Å²) < 4.78 is 5.52. The summed E-state index contributed by atoms with van der Waals surface area (Å²) in [5.74, 6) is -1.40. The Morgan fingerprint density at radius 1 is 1.10 bits per heavy atom. The van der Waals surface area contributed by atoms with Gasteiger partial charge in [-0.05, 0) is 30.2 Å². The molecule has 2 aromatic carbocycles. The molecule has 2 heterocycles. The number of ether oxygens (including phenoxy) is 1. The van der Waals surface area contributed by atoms with Crippen molar-refractivity contribution in [2.45, 2.75) is 25.4 Å². The molecule has 4 rings (SSSR count). The fourth-order valence-electron chi connectivity index (χ4n) is 3.80. The molecule has 0 spiro atoms. The average molecular weight is 422 g/mol. The lowest BCUT2D eigenvalue weighted by Gasteiger charge is -2.27. The number of fused-ring (bicyclic) bond motifs is 1. The molecule has 2 aliphatic rings. The Morgan fingerprint density at radius 2 is 1.90 bits per heavy atom. The Bertz CT molecular complexity index is 1070. The number of hydrogen-bond acceptors (Lipinski definition) is 7. The maximum atomic E-state index is 13.1. The number of nitrogens with one attached hydrogen (secondary N) is 2. The molecule has 2 aromatic rings. The molecular weight excluding hydrogens is 400 g/mol. The number of imide groups is 2. The number of benzene rings is 2. The van der Waals surface area contributed by atoms with Crippen molar-refractivity contribution < 1.29 is 23.9 Å². The fraction of sp³-hybridized carbons (Fsp3) is 0.273. The smallest absolute Gasteiger partial charge is 0.262 e. The van der Waals surface area contributed by atoms with E-state index in [9.17, 15) is 19.2 Å². The molecule has 9 heteroatoms. The van der Waals surface area contributed by atoms with Gasteiger partial charge in [-0.25, -0.2) is 0 Å². The molecule has 9 nitrogen and oxygen atoms in total. The van der Waals surface area contributed by atoms with Crippen molar-refractivity contribution in [1.29, 1.82) is 0 Å². The van der Waals surface area contributed by atoms with Crippen LogP contribution in [0.1, 0.15) is 39.1 Å². The van der Waals surface area contributed by atoms with E-state index in [0.29, 0.717) is 31.0 Å².